The van der Waals surface area contributed by atoms with Gasteiger partial charge in [-0.15, -0.1) is 0 Å². The van der Waals surface area contributed by atoms with Crippen molar-refractivity contribution in [1.29, 1.82) is 0 Å². The number of halogens is 1. The van der Waals surface area contributed by atoms with Crippen LogP contribution in [0.4, 0.5) is 17.2 Å². The highest BCUT2D eigenvalue weighted by Crippen LogP contribution is 2.35. The van der Waals surface area contributed by atoms with Crippen LogP contribution in [0, 0.1) is 0 Å². The second-order valence-corrected chi connectivity index (χ2v) is 7.41. The number of aromatic nitrogens is 3. The normalized spacial score (nSPS) is 10.7. The molecule has 162 valence electrons. The molecule has 0 saturated heterocycles. The Labute approximate surface area is 189 Å². The lowest BCUT2D eigenvalue weighted by atomic mass is 10.1. The van der Waals surface area contributed by atoms with E-state index in [0.717, 1.165) is 11.1 Å². The molecule has 0 aliphatic rings. The number of hydrogen-bond acceptors (Lipinski definition) is 5. The Morgan fingerprint density at radius 3 is 2.72 bits per heavy atom. The van der Waals surface area contributed by atoms with E-state index in [4.69, 9.17) is 16.3 Å². The fraction of sp³-hybridized carbons (Fsp3) is 0.130. The van der Waals surface area contributed by atoms with Crippen molar-refractivity contribution >= 4 is 46.1 Å². The number of benzene rings is 1. The molecule has 8 nitrogen and oxygen atoms in total. The molecule has 0 aliphatic carbocycles. The monoisotopic (exact) mass is 449 g/mol. The third-order valence-corrected chi connectivity index (χ3v) is 5.19. The Kier molecular flexibility index (Phi) is 6.04. The SMILES string of the molecule is COc1cn2nccc2cc1N(C(C)=O)c1cc(NC(=O)Cc2ccccc2Cl)ccn1. The van der Waals surface area contributed by atoms with Gasteiger partial charge in [0.05, 0.1) is 30.9 Å². The Morgan fingerprint density at radius 2 is 1.97 bits per heavy atom. The van der Waals surface area contributed by atoms with E-state index in [1.54, 1.807) is 47.2 Å². The van der Waals surface area contributed by atoms with Crippen LogP contribution in [0.1, 0.15) is 12.5 Å². The molecule has 0 radical (unpaired) electrons. The summed E-state index contributed by atoms with van der Waals surface area (Å²) >= 11 is 6.15. The zero-order chi connectivity index (χ0) is 22.7. The maximum Gasteiger partial charge on any atom is 0.229 e. The minimum absolute atomic E-state index is 0.124. The predicted octanol–water partition coefficient (Wildman–Crippen LogP) is 4.26. The first kappa shape index (κ1) is 21.3. The third kappa shape index (κ3) is 4.40. The molecule has 0 unspecified atom stereocenters. The summed E-state index contributed by atoms with van der Waals surface area (Å²) in [6.45, 7) is 1.43. The van der Waals surface area contributed by atoms with E-state index in [2.05, 4.69) is 15.4 Å². The minimum atomic E-state index is -0.265. The van der Waals surface area contributed by atoms with E-state index in [1.807, 2.05) is 18.2 Å². The van der Waals surface area contributed by atoms with Gasteiger partial charge in [0.25, 0.3) is 0 Å². The topological polar surface area (TPSA) is 88.8 Å². The van der Waals surface area contributed by atoms with Gasteiger partial charge < -0.3 is 10.1 Å². The lowest BCUT2D eigenvalue weighted by Crippen LogP contribution is -2.25. The third-order valence-electron chi connectivity index (χ3n) is 4.82. The minimum Gasteiger partial charge on any atom is -0.493 e. The van der Waals surface area contributed by atoms with Crippen LogP contribution in [-0.4, -0.2) is 33.5 Å². The fourth-order valence-electron chi connectivity index (χ4n) is 3.36. The van der Waals surface area contributed by atoms with E-state index in [9.17, 15) is 9.59 Å². The maximum absolute atomic E-state index is 12.6. The van der Waals surface area contributed by atoms with Gasteiger partial charge in [-0.3, -0.25) is 14.5 Å². The number of fused-ring (bicyclic) bond motifs is 1. The Balaban J connectivity index is 1.64. The molecule has 32 heavy (non-hydrogen) atoms. The molecular weight excluding hydrogens is 430 g/mol. The summed E-state index contributed by atoms with van der Waals surface area (Å²) < 4.78 is 7.14. The van der Waals surface area contributed by atoms with Crippen molar-refractivity contribution in [3.63, 3.8) is 0 Å². The molecule has 3 heterocycles. The average molecular weight is 450 g/mol. The van der Waals surface area contributed by atoms with Crippen LogP contribution in [0.2, 0.25) is 5.02 Å². The van der Waals surface area contributed by atoms with E-state index in [0.29, 0.717) is 28.0 Å². The molecule has 2 amide bonds. The number of methoxy groups -OCH3 is 1. The zero-order valence-electron chi connectivity index (χ0n) is 17.4. The van der Waals surface area contributed by atoms with Crippen LogP contribution in [0.3, 0.4) is 0 Å². The first-order valence-electron chi connectivity index (χ1n) is 9.77. The number of ether oxygens (including phenoxy) is 1. The molecule has 0 bridgehead atoms. The molecule has 0 spiro atoms. The van der Waals surface area contributed by atoms with Gasteiger partial charge in [-0.05, 0) is 29.8 Å². The van der Waals surface area contributed by atoms with Crippen LogP contribution in [0.5, 0.6) is 5.75 Å². The fourth-order valence-corrected chi connectivity index (χ4v) is 3.56. The molecular formula is C23H20ClN5O3. The van der Waals surface area contributed by atoms with Gasteiger partial charge >= 0.3 is 0 Å². The smallest absolute Gasteiger partial charge is 0.229 e. The summed E-state index contributed by atoms with van der Waals surface area (Å²) in [5.74, 6) is 0.295. The number of hydrogen-bond donors (Lipinski definition) is 1. The zero-order valence-corrected chi connectivity index (χ0v) is 18.2. The number of nitrogens with one attached hydrogen (secondary N) is 1. The van der Waals surface area contributed by atoms with Crippen LogP contribution < -0.4 is 15.0 Å². The molecule has 0 atom stereocenters. The van der Waals surface area contributed by atoms with Gasteiger partial charge in [-0.1, -0.05) is 29.8 Å². The highest BCUT2D eigenvalue weighted by Gasteiger charge is 2.21. The standard InChI is InChI=1S/C23H20ClN5O3/c1-15(30)29(20-13-18-8-10-26-28(18)14-21(20)32-2)22-12-17(7-9-25-22)27-23(31)11-16-5-3-4-6-19(16)24/h3-10,12-14H,11H2,1-2H3,(H,25,27,31). The van der Waals surface area contributed by atoms with Crippen molar-refractivity contribution in [1.82, 2.24) is 14.6 Å². The molecule has 4 aromatic rings. The van der Waals surface area contributed by atoms with Crippen molar-refractivity contribution in [2.45, 2.75) is 13.3 Å². The molecule has 0 aliphatic heterocycles. The Morgan fingerprint density at radius 1 is 1.16 bits per heavy atom. The molecule has 1 N–H and O–H groups in total. The second kappa shape index (κ2) is 9.07. The number of nitrogens with zero attached hydrogens (tertiary/aromatic N) is 4. The molecule has 0 fully saturated rings. The summed E-state index contributed by atoms with van der Waals surface area (Å²) in [5, 5.41) is 7.56. The van der Waals surface area contributed by atoms with Gasteiger partial charge in [-0.2, -0.15) is 5.10 Å². The molecule has 1 aromatic carbocycles. The quantitative estimate of drug-likeness (QED) is 0.475. The number of amides is 2. The number of carbonyl (C=O) groups excluding carboxylic acids is 2. The molecule has 4 rings (SSSR count). The lowest BCUT2D eigenvalue weighted by Gasteiger charge is -2.23. The van der Waals surface area contributed by atoms with Gasteiger partial charge in [-0.25, -0.2) is 9.50 Å². The molecule has 9 heteroatoms. The summed E-state index contributed by atoms with van der Waals surface area (Å²) in [5.41, 5.74) is 2.53. The Hall–Kier alpha value is -3.91. The largest absolute Gasteiger partial charge is 0.493 e. The summed E-state index contributed by atoms with van der Waals surface area (Å²) in [6, 6.07) is 14.1. The number of pyridine rings is 2. The van der Waals surface area contributed by atoms with Gasteiger partial charge in [0, 0.05) is 36.1 Å². The van der Waals surface area contributed by atoms with Crippen molar-refractivity contribution in [3.05, 3.63) is 77.7 Å². The van der Waals surface area contributed by atoms with E-state index >= 15 is 0 Å². The maximum atomic E-state index is 12.6. The lowest BCUT2D eigenvalue weighted by molar-refractivity contribution is -0.116. The molecule has 0 saturated carbocycles. The second-order valence-electron chi connectivity index (χ2n) is 7.00. The van der Waals surface area contributed by atoms with Crippen molar-refractivity contribution in [3.8, 4) is 5.75 Å². The number of anilines is 3. The summed E-state index contributed by atoms with van der Waals surface area (Å²) in [7, 11) is 1.52. The van der Waals surface area contributed by atoms with Crippen LogP contribution in [0.25, 0.3) is 5.52 Å². The van der Waals surface area contributed by atoms with Crippen LogP contribution in [0.15, 0.2) is 67.1 Å². The summed E-state index contributed by atoms with van der Waals surface area (Å²) in [4.78, 5) is 30.9. The van der Waals surface area contributed by atoms with E-state index in [-0.39, 0.29) is 18.2 Å². The van der Waals surface area contributed by atoms with Gasteiger partial charge in [0.2, 0.25) is 11.8 Å². The van der Waals surface area contributed by atoms with Crippen LogP contribution >= 0.6 is 11.6 Å². The van der Waals surface area contributed by atoms with E-state index < -0.39 is 0 Å². The van der Waals surface area contributed by atoms with Gasteiger partial charge in [0.15, 0.2) is 5.75 Å². The van der Waals surface area contributed by atoms with Crippen LogP contribution in [-0.2, 0) is 16.0 Å². The number of rotatable bonds is 6. The highest BCUT2D eigenvalue weighted by atomic mass is 35.5. The van der Waals surface area contributed by atoms with E-state index in [1.165, 1.54) is 25.1 Å². The Bertz CT molecular complexity index is 1300. The highest BCUT2D eigenvalue weighted by molar-refractivity contribution is 6.31. The average Bonchev–Trinajstić information content (AvgIpc) is 3.22. The predicted molar refractivity (Wildman–Crippen MR) is 123 cm³/mol. The summed E-state index contributed by atoms with van der Waals surface area (Å²) in [6.07, 6.45) is 5.00. The first-order chi connectivity index (χ1) is 15.5. The first-order valence-corrected chi connectivity index (χ1v) is 10.2. The van der Waals surface area contributed by atoms with Crippen molar-refractivity contribution < 1.29 is 14.3 Å². The molecule has 3 aromatic heterocycles. The van der Waals surface area contributed by atoms with Gasteiger partial charge in [0.1, 0.15) is 5.82 Å². The van der Waals surface area contributed by atoms with Crippen molar-refractivity contribution in [2.75, 3.05) is 17.3 Å². The van der Waals surface area contributed by atoms with Crippen molar-refractivity contribution in [2.24, 2.45) is 0 Å². The number of carbonyl (C=O) groups is 2.